The van der Waals surface area contributed by atoms with Crippen LogP contribution in [-0.2, 0) is 4.74 Å². The number of nitrogen functional groups attached to an aromatic ring is 1. The van der Waals surface area contributed by atoms with Gasteiger partial charge < -0.3 is 15.2 Å². The molecular formula is C23H28F3N5O2. The monoisotopic (exact) mass is 463 g/mol. The van der Waals surface area contributed by atoms with E-state index in [0.717, 1.165) is 31.9 Å². The number of fused-ring (bicyclic) bond motifs is 1. The van der Waals surface area contributed by atoms with E-state index < -0.39 is 12.1 Å². The topological polar surface area (TPSA) is 78.4 Å². The molecule has 1 unspecified atom stereocenters. The fraction of sp³-hybridized carbons (Fsp3) is 0.565. The van der Waals surface area contributed by atoms with Crippen LogP contribution in [0.25, 0.3) is 11.3 Å². The number of aromatic nitrogens is 3. The molecule has 7 nitrogen and oxygen atoms in total. The molecule has 1 saturated carbocycles. The van der Waals surface area contributed by atoms with Crippen LogP contribution in [0.3, 0.4) is 0 Å². The van der Waals surface area contributed by atoms with Gasteiger partial charge in [0.1, 0.15) is 0 Å². The van der Waals surface area contributed by atoms with Gasteiger partial charge in [0.2, 0.25) is 0 Å². The van der Waals surface area contributed by atoms with Crippen molar-refractivity contribution in [3.8, 4) is 17.0 Å². The van der Waals surface area contributed by atoms with Gasteiger partial charge in [-0.05, 0) is 45.2 Å². The number of alkyl halides is 3. The normalized spacial score (nSPS) is 27.5. The molecule has 3 aliphatic rings. The maximum absolute atomic E-state index is 12.7. The summed E-state index contributed by atoms with van der Waals surface area (Å²) in [5.74, 6) is -0.0476. The predicted octanol–water partition coefficient (Wildman–Crippen LogP) is 4.14. The molecule has 33 heavy (non-hydrogen) atoms. The van der Waals surface area contributed by atoms with Crippen molar-refractivity contribution in [2.75, 3.05) is 25.5 Å². The van der Waals surface area contributed by atoms with Crippen molar-refractivity contribution in [3.05, 3.63) is 35.7 Å². The minimum atomic E-state index is -4.84. The highest BCUT2D eigenvalue weighted by molar-refractivity contribution is 5.65. The summed E-state index contributed by atoms with van der Waals surface area (Å²) in [6.07, 6.45) is 0.0615. The van der Waals surface area contributed by atoms with Gasteiger partial charge in [-0.2, -0.15) is 5.10 Å². The Morgan fingerprint density at radius 3 is 2.70 bits per heavy atom. The first kappa shape index (κ1) is 22.2. The SMILES string of the molecule is CC(C)n1nc(-c2cnc(N)c(OC(F)(F)F)c2)cc1[C@@H]1C2=CC(N3CCOC[C@@H]3C)C[C@H]21. The van der Waals surface area contributed by atoms with Crippen molar-refractivity contribution < 1.29 is 22.6 Å². The molecule has 10 heteroatoms. The van der Waals surface area contributed by atoms with Gasteiger partial charge in [-0.15, -0.1) is 13.2 Å². The number of anilines is 1. The lowest BCUT2D eigenvalue weighted by Crippen LogP contribution is -2.48. The van der Waals surface area contributed by atoms with E-state index in [9.17, 15) is 13.2 Å². The van der Waals surface area contributed by atoms with Crippen LogP contribution in [0.4, 0.5) is 19.0 Å². The maximum Gasteiger partial charge on any atom is 0.573 e. The minimum Gasteiger partial charge on any atom is -0.402 e. The second-order valence-electron chi connectivity index (χ2n) is 9.36. The molecule has 2 aromatic rings. The first-order chi connectivity index (χ1) is 15.6. The van der Waals surface area contributed by atoms with Crippen LogP contribution < -0.4 is 10.5 Å². The van der Waals surface area contributed by atoms with Gasteiger partial charge in [0.25, 0.3) is 0 Å². The second kappa shape index (κ2) is 8.02. The molecule has 0 bridgehead atoms. The Labute approximate surface area is 190 Å². The van der Waals surface area contributed by atoms with Gasteiger partial charge in [-0.3, -0.25) is 9.58 Å². The average molecular weight is 464 g/mol. The lowest BCUT2D eigenvalue weighted by atomic mass is 10.0. The standard InChI is InChI=1S/C23H28F3N5O2/c1-12(2)31-19(21-16-7-15(8-17(16)21)30-4-5-32-11-13(30)3)9-18(29-31)14-6-20(22(27)28-10-14)33-23(24,25)26/h6-7,9-10,12-13,15,17,21H,4-5,8,11H2,1-3H3,(H2,27,28)/t13-,15?,17+,21+/m0/s1. The van der Waals surface area contributed by atoms with Crippen LogP contribution >= 0.6 is 0 Å². The van der Waals surface area contributed by atoms with E-state index in [2.05, 4.69) is 27.6 Å². The number of ether oxygens (including phenoxy) is 2. The lowest BCUT2D eigenvalue weighted by molar-refractivity contribution is -0.274. The van der Waals surface area contributed by atoms with E-state index in [1.165, 1.54) is 17.8 Å². The van der Waals surface area contributed by atoms with Gasteiger partial charge in [0.15, 0.2) is 11.6 Å². The molecule has 0 aromatic carbocycles. The predicted molar refractivity (Wildman–Crippen MR) is 117 cm³/mol. The van der Waals surface area contributed by atoms with Crippen molar-refractivity contribution >= 4 is 5.82 Å². The van der Waals surface area contributed by atoms with Crippen LogP contribution in [0.2, 0.25) is 0 Å². The molecule has 0 spiro atoms. The molecule has 1 aliphatic heterocycles. The van der Waals surface area contributed by atoms with Crippen molar-refractivity contribution in [2.24, 2.45) is 5.92 Å². The van der Waals surface area contributed by atoms with E-state index in [4.69, 9.17) is 15.6 Å². The van der Waals surface area contributed by atoms with Crippen molar-refractivity contribution in [2.45, 2.75) is 57.6 Å². The van der Waals surface area contributed by atoms with E-state index in [1.54, 1.807) is 0 Å². The Morgan fingerprint density at radius 1 is 1.27 bits per heavy atom. The van der Waals surface area contributed by atoms with Gasteiger partial charge in [0, 0.05) is 48.0 Å². The summed E-state index contributed by atoms with van der Waals surface area (Å²) in [6, 6.07) is 4.17. The molecule has 5 rings (SSSR count). The number of rotatable bonds is 5. The third kappa shape index (κ3) is 4.21. The van der Waals surface area contributed by atoms with Crippen molar-refractivity contribution in [1.82, 2.24) is 19.7 Å². The lowest BCUT2D eigenvalue weighted by Gasteiger charge is -2.37. The zero-order chi connectivity index (χ0) is 23.5. The number of pyridine rings is 1. The minimum absolute atomic E-state index is 0.110. The third-order valence-electron chi connectivity index (χ3n) is 6.78. The van der Waals surface area contributed by atoms with E-state index >= 15 is 0 Å². The number of halogens is 3. The second-order valence-corrected chi connectivity index (χ2v) is 9.36. The highest BCUT2D eigenvalue weighted by Gasteiger charge is 2.53. The summed E-state index contributed by atoms with van der Waals surface area (Å²) in [4.78, 5) is 6.41. The maximum atomic E-state index is 12.7. The van der Waals surface area contributed by atoms with Crippen LogP contribution in [0, 0.1) is 5.92 Å². The quantitative estimate of drug-likeness (QED) is 0.672. The fourth-order valence-electron chi connectivity index (χ4n) is 5.23. The summed E-state index contributed by atoms with van der Waals surface area (Å²) in [5.41, 5.74) is 9.09. The summed E-state index contributed by atoms with van der Waals surface area (Å²) < 4.78 is 49.7. The van der Waals surface area contributed by atoms with Gasteiger partial charge in [-0.25, -0.2) is 4.98 Å². The Hall–Kier alpha value is -2.59. The molecular weight excluding hydrogens is 435 g/mol. The summed E-state index contributed by atoms with van der Waals surface area (Å²) >= 11 is 0. The number of nitrogens with zero attached hydrogens (tertiary/aromatic N) is 4. The van der Waals surface area contributed by atoms with Crippen molar-refractivity contribution in [3.63, 3.8) is 0 Å². The van der Waals surface area contributed by atoms with Crippen LogP contribution in [0.15, 0.2) is 30.0 Å². The molecule has 1 saturated heterocycles. The van der Waals surface area contributed by atoms with Crippen LogP contribution in [0.5, 0.6) is 5.75 Å². The number of nitrogens with two attached hydrogens (primary N) is 1. The molecule has 0 amide bonds. The summed E-state index contributed by atoms with van der Waals surface area (Å²) in [5, 5.41) is 4.70. The molecule has 4 atom stereocenters. The van der Waals surface area contributed by atoms with E-state index in [-0.39, 0.29) is 11.9 Å². The third-order valence-corrected chi connectivity index (χ3v) is 6.78. The number of morpholine rings is 1. The molecule has 2 N–H and O–H groups in total. The molecule has 3 heterocycles. The number of hydrogen-bond acceptors (Lipinski definition) is 6. The zero-order valence-corrected chi connectivity index (χ0v) is 18.8. The van der Waals surface area contributed by atoms with Crippen molar-refractivity contribution in [1.29, 1.82) is 0 Å². The smallest absolute Gasteiger partial charge is 0.402 e. The summed E-state index contributed by atoms with van der Waals surface area (Å²) in [7, 11) is 0. The molecule has 0 radical (unpaired) electrons. The fourth-order valence-corrected chi connectivity index (χ4v) is 5.23. The Kier molecular flexibility index (Phi) is 5.40. The number of hydrogen-bond donors (Lipinski definition) is 1. The number of allylic oxidation sites excluding steroid dienone is 1. The first-order valence-electron chi connectivity index (χ1n) is 11.3. The van der Waals surface area contributed by atoms with Crippen LogP contribution in [0.1, 0.15) is 44.8 Å². The molecule has 2 fully saturated rings. The Bertz CT molecular complexity index is 1080. The largest absolute Gasteiger partial charge is 0.573 e. The van der Waals surface area contributed by atoms with Gasteiger partial charge >= 0.3 is 6.36 Å². The molecule has 2 aliphatic carbocycles. The summed E-state index contributed by atoms with van der Waals surface area (Å²) in [6.45, 7) is 8.79. The van der Waals surface area contributed by atoms with E-state index in [1.807, 2.05) is 24.6 Å². The highest BCUT2D eigenvalue weighted by atomic mass is 19.4. The van der Waals surface area contributed by atoms with Crippen LogP contribution in [-0.4, -0.2) is 57.9 Å². The Morgan fingerprint density at radius 2 is 2.06 bits per heavy atom. The average Bonchev–Trinajstić information content (AvgIpc) is 3.09. The van der Waals surface area contributed by atoms with E-state index in [0.29, 0.717) is 35.2 Å². The first-order valence-corrected chi connectivity index (χ1v) is 11.3. The zero-order valence-electron chi connectivity index (χ0n) is 18.8. The molecule has 178 valence electrons. The van der Waals surface area contributed by atoms with Gasteiger partial charge in [0.05, 0.1) is 18.9 Å². The Balaban J connectivity index is 1.41. The van der Waals surface area contributed by atoms with Gasteiger partial charge in [-0.1, -0.05) is 11.6 Å². The molecule has 2 aromatic heterocycles. The highest BCUT2D eigenvalue weighted by Crippen LogP contribution is 2.61.